The Kier molecular flexibility index (Phi) is 4.01. The minimum Gasteiger partial charge on any atom is -0.467 e. The fourth-order valence-corrected chi connectivity index (χ4v) is 2.23. The summed E-state index contributed by atoms with van der Waals surface area (Å²) in [4.78, 5) is 16.4. The Hall–Kier alpha value is -2.88. The third kappa shape index (κ3) is 3.23. The number of aryl methyl sites for hydroxylation is 1. The van der Waals surface area contributed by atoms with Gasteiger partial charge in [0.25, 0.3) is 5.91 Å². The molecule has 0 bridgehead atoms. The van der Waals surface area contributed by atoms with E-state index in [2.05, 4.69) is 16.4 Å². The van der Waals surface area contributed by atoms with Gasteiger partial charge in [-0.2, -0.15) is 0 Å². The third-order valence-electron chi connectivity index (χ3n) is 3.36. The summed E-state index contributed by atoms with van der Waals surface area (Å²) in [6.07, 6.45) is 4.91. The molecule has 4 nitrogen and oxygen atoms in total. The normalized spacial score (nSPS) is 10.4. The molecule has 0 aliphatic rings. The van der Waals surface area contributed by atoms with Crippen LogP contribution in [0.5, 0.6) is 0 Å². The van der Waals surface area contributed by atoms with Crippen LogP contribution < -0.4 is 5.32 Å². The highest BCUT2D eigenvalue weighted by atomic mass is 16.3. The van der Waals surface area contributed by atoms with E-state index in [1.165, 1.54) is 5.56 Å². The predicted molar refractivity (Wildman–Crippen MR) is 84.3 cm³/mol. The molecule has 0 spiro atoms. The number of rotatable bonds is 4. The van der Waals surface area contributed by atoms with E-state index < -0.39 is 0 Å². The highest BCUT2D eigenvalue weighted by molar-refractivity contribution is 5.95. The van der Waals surface area contributed by atoms with Crippen LogP contribution in [0.3, 0.4) is 0 Å². The third-order valence-corrected chi connectivity index (χ3v) is 3.36. The molecular formula is C18H16N2O2. The maximum atomic E-state index is 12.2. The number of carbonyl (C=O) groups is 1. The van der Waals surface area contributed by atoms with E-state index in [1.54, 1.807) is 24.7 Å². The quantitative estimate of drug-likeness (QED) is 0.799. The van der Waals surface area contributed by atoms with Crippen molar-refractivity contribution in [1.82, 2.24) is 10.3 Å². The van der Waals surface area contributed by atoms with Crippen LogP contribution >= 0.6 is 0 Å². The molecule has 0 radical (unpaired) electrons. The van der Waals surface area contributed by atoms with Gasteiger partial charge in [0.15, 0.2) is 0 Å². The van der Waals surface area contributed by atoms with Crippen molar-refractivity contribution in [2.24, 2.45) is 0 Å². The molecule has 22 heavy (non-hydrogen) atoms. The van der Waals surface area contributed by atoms with Gasteiger partial charge >= 0.3 is 0 Å². The number of furan rings is 1. The lowest BCUT2D eigenvalue weighted by Gasteiger charge is -2.06. The number of pyridine rings is 1. The van der Waals surface area contributed by atoms with Crippen molar-refractivity contribution in [1.29, 1.82) is 0 Å². The van der Waals surface area contributed by atoms with Crippen molar-refractivity contribution < 1.29 is 9.21 Å². The predicted octanol–water partition coefficient (Wildman–Crippen LogP) is 3.58. The number of aromatic nitrogens is 1. The average molecular weight is 292 g/mol. The van der Waals surface area contributed by atoms with E-state index in [0.29, 0.717) is 12.1 Å². The standard InChI is InChI=1S/C18H16N2O2/c1-13-4-2-5-14(8-13)15-9-16(11-19-10-15)18(21)20-12-17-6-3-7-22-17/h2-11H,12H2,1H3,(H,20,21). The second-order valence-corrected chi connectivity index (χ2v) is 5.09. The van der Waals surface area contributed by atoms with Crippen LogP contribution in [0.15, 0.2) is 65.5 Å². The molecule has 0 saturated heterocycles. The Labute approximate surface area is 128 Å². The molecule has 0 fully saturated rings. The van der Waals surface area contributed by atoms with Crippen molar-refractivity contribution in [3.8, 4) is 11.1 Å². The maximum Gasteiger partial charge on any atom is 0.253 e. The second-order valence-electron chi connectivity index (χ2n) is 5.09. The van der Waals surface area contributed by atoms with Gasteiger partial charge in [0.05, 0.1) is 18.4 Å². The topological polar surface area (TPSA) is 55.1 Å². The zero-order valence-corrected chi connectivity index (χ0v) is 12.2. The minimum absolute atomic E-state index is 0.168. The fraction of sp³-hybridized carbons (Fsp3) is 0.111. The molecule has 3 rings (SSSR count). The Bertz CT molecular complexity index is 779. The van der Waals surface area contributed by atoms with E-state index in [9.17, 15) is 4.79 Å². The number of hydrogen-bond acceptors (Lipinski definition) is 3. The number of amides is 1. The zero-order chi connectivity index (χ0) is 15.4. The number of carbonyl (C=O) groups excluding carboxylic acids is 1. The van der Waals surface area contributed by atoms with E-state index in [4.69, 9.17) is 4.42 Å². The lowest BCUT2D eigenvalue weighted by atomic mass is 10.0. The van der Waals surface area contributed by atoms with Crippen LogP contribution in [0.2, 0.25) is 0 Å². The largest absolute Gasteiger partial charge is 0.467 e. The smallest absolute Gasteiger partial charge is 0.253 e. The number of benzene rings is 1. The molecule has 0 atom stereocenters. The lowest BCUT2D eigenvalue weighted by molar-refractivity contribution is 0.0947. The molecule has 2 aromatic heterocycles. The monoisotopic (exact) mass is 292 g/mol. The van der Waals surface area contributed by atoms with Crippen molar-refractivity contribution >= 4 is 5.91 Å². The molecule has 0 saturated carbocycles. The van der Waals surface area contributed by atoms with Gasteiger partial charge in [-0.05, 0) is 30.7 Å². The molecule has 1 amide bonds. The van der Waals surface area contributed by atoms with Crippen molar-refractivity contribution in [3.63, 3.8) is 0 Å². The van der Waals surface area contributed by atoms with Crippen molar-refractivity contribution in [2.45, 2.75) is 13.5 Å². The summed E-state index contributed by atoms with van der Waals surface area (Å²) in [7, 11) is 0. The Balaban J connectivity index is 1.77. The van der Waals surface area contributed by atoms with Gasteiger partial charge in [-0.15, -0.1) is 0 Å². The number of nitrogens with zero attached hydrogens (tertiary/aromatic N) is 1. The van der Waals surface area contributed by atoms with Crippen LogP contribution in [0.1, 0.15) is 21.7 Å². The van der Waals surface area contributed by atoms with Crippen molar-refractivity contribution in [2.75, 3.05) is 0 Å². The van der Waals surface area contributed by atoms with Crippen LogP contribution in [0.4, 0.5) is 0 Å². The first-order chi connectivity index (χ1) is 10.7. The Morgan fingerprint density at radius 2 is 2.05 bits per heavy atom. The lowest BCUT2D eigenvalue weighted by Crippen LogP contribution is -2.22. The Morgan fingerprint density at radius 3 is 2.82 bits per heavy atom. The molecular weight excluding hydrogens is 276 g/mol. The van der Waals surface area contributed by atoms with Gasteiger partial charge in [0.2, 0.25) is 0 Å². The molecule has 3 aromatic rings. The summed E-state index contributed by atoms with van der Waals surface area (Å²) in [6, 6.07) is 13.6. The first-order valence-electron chi connectivity index (χ1n) is 7.05. The second kappa shape index (κ2) is 6.26. The molecule has 1 N–H and O–H groups in total. The van der Waals surface area contributed by atoms with E-state index in [1.807, 2.05) is 37.3 Å². The van der Waals surface area contributed by atoms with Crippen LogP contribution in [-0.4, -0.2) is 10.9 Å². The van der Waals surface area contributed by atoms with E-state index in [-0.39, 0.29) is 5.91 Å². The molecule has 1 aromatic carbocycles. The van der Waals surface area contributed by atoms with Crippen LogP contribution in [-0.2, 0) is 6.54 Å². The molecule has 0 unspecified atom stereocenters. The molecule has 0 aliphatic carbocycles. The van der Waals surface area contributed by atoms with Gasteiger partial charge in [0.1, 0.15) is 5.76 Å². The summed E-state index contributed by atoms with van der Waals surface area (Å²) < 4.78 is 5.20. The highest BCUT2D eigenvalue weighted by Crippen LogP contribution is 2.20. The van der Waals surface area contributed by atoms with Gasteiger partial charge in [0, 0.05) is 18.0 Å². The van der Waals surface area contributed by atoms with E-state index in [0.717, 1.165) is 16.9 Å². The average Bonchev–Trinajstić information content (AvgIpc) is 3.06. The molecule has 110 valence electrons. The van der Waals surface area contributed by atoms with Crippen LogP contribution in [0, 0.1) is 6.92 Å². The van der Waals surface area contributed by atoms with Gasteiger partial charge in [-0.25, -0.2) is 0 Å². The summed E-state index contributed by atoms with van der Waals surface area (Å²) in [5.41, 5.74) is 3.68. The molecule has 0 aliphatic heterocycles. The summed E-state index contributed by atoms with van der Waals surface area (Å²) in [5, 5.41) is 2.82. The minimum atomic E-state index is -0.168. The van der Waals surface area contributed by atoms with E-state index >= 15 is 0 Å². The Morgan fingerprint density at radius 1 is 1.14 bits per heavy atom. The molecule has 2 heterocycles. The summed E-state index contributed by atoms with van der Waals surface area (Å²) in [6.45, 7) is 2.40. The highest BCUT2D eigenvalue weighted by Gasteiger charge is 2.08. The zero-order valence-electron chi connectivity index (χ0n) is 12.2. The fourth-order valence-electron chi connectivity index (χ4n) is 2.23. The van der Waals surface area contributed by atoms with Crippen LogP contribution in [0.25, 0.3) is 11.1 Å². The van der Waals surface area contributed by atoms with Gasteiger partial charge < -0.3 is 9.73 Å². The molecule has 4 heteroatoms. The van der Waals surface area contributed by atoms with Gasteiger partial charge in [-0.1, -0.05) is 29.8 Å². The number of hydrogen-bond donors (Lipinski definition) is 1. The summed E-state index contributed by atoms with van der Waals surface area (Å²) in [5.74, 6) is 0.551. The SMILES string of the molecule is Cc1cccc(-c2cncc(C(=O)NCc3ccco3)c2)c1. The first kappa shape index (κ1) is 14.1. The maximum absolute atomic E-state index is 12.2. The number of nitrogens with one attached hydrogen (secondary N) is 1. The summed E-state index contributed by atoms with van der Waals surface area (Å²) >= 11 is 0. The first-order valence-corrected chi connectivity index (χ1v) is 7.05. The van der Waals surface area contributed by atoms with Gasteiger partial charge in [-0.3, -0.25) is 9.78 Å². The van der Waals surface area contributed by atoms with Crippen molar-refractivity contribution in [3.05, 3.63) is 78.0 Å².